The van der Waals surface area contributed by atoms with Crippen molar-refractivity contribution in [3.63, 3.8) is 0 Å². The molecule has 0 saturated heterocycles. The number of aromatic nitrogens is 4. The summed E-state index contributed by atoms with van der Waals surface area (Å²) < 4.78 is 3.33. The molecule has 0 saturated carbocycles. The van der Waals surface area contributed by atoms with Crippen molar-refractivity contribution < 1.29 is 9.59 Å². The lowest BCUT2D eigenvalue weighted by atomic mass is 10.1. The number of rotatable bonds is 5. The van der Waals surface area contributed by atoms with E-state index in [9.17, 15) is 9.59 Å². The molecule has 0 spiro atoms. The van der Waals surface area contributed by atoms with Crippen LogP contribution in [-0.2, 0) is 6.67 Å². The fourth-order valence-corrected chi connectivity index (χ4v) is 2.08. The van der Waals surface area contributed by atoms with E-state index in [2.05, 4.69) is 15.5 Å². The Morgan fingerprint density at radius 3 is 2.52 bits per heavy atom. The van der Waals surface area contributed by atoms with Gasteiger partial charge in [-0.15, -0.1) is 0 Å². The van der Waals surface area contributed by atoms with Gasteiger partial charge in [0.1, 0.15) is 6.67 Å². The fourth-order valence-electron chi connectivity index (χ4n) is 2.08. The lowest BCUT2D eigenvalue weighted by Crippen LogP contribution is -2.15. The molecule has 0 bridgehead atoms. The Bertz CT molecular complexity index is 819. The largest absolute Gasteiger partial charge is 0.321 e. The Hall–Kier alpha value is -3.22. The average Bonchev–Trinajstić information content (AvgIpc) is 3.20. The van der Waals surface area contributed by atoms with Crippen molar-refractivity contribution in [1.82, 2.24) is 19.6 Å². The minimum absolute atomic E-state index is 0.0137. The van der Waals surface area contributed by atoms with Crippen molar-refractivity contribution in [2.75, 3.05) is 5.32 Å². The minimum Gasteiger partial charge on any atom is -0.321 e. The van der Waals surface area contributed by atoms with Crippen molar-refractivity contribution in [3.8, 4) is 0 Å². The number of nitrogens with one attached hydrogen (secondary N) is 1. The van der Waals surface area contributed by atoms with Gasteiger partial charge in [-0.25, -0.2) is 0 Å². The molecule has 1 amide bonds. The number of hydrogen-bond acceptors (Lipinski definition) is 4. The van der Waals surface area contributed by atoms with Crippen LogP contribution < -0.4 is 5.32 Å². The number of amides is 1. The van der Waals surface area contributed by atoms with Crippen LogP contribution in [0.2, 0.25) is 0 Å². The number of hydrogen-bond donors (Lipinski definition) is 1. The lowest BCUT2D eigenvalue weighted by Gasteiger charge is -2.04. The quantitative estimate of drug-likeness (QED) is 0.731. The zero-order valence-corrected chi connectivity index (χ0v) is 12.5. The topological polar surface area (TPSA) is 81.8 Å². The molecule has 116 valence electrons. The molecule has 0 unspecified atom stereocenters. The number of Topliss-reactive ketones (excluding diaryl/α,β-unsaturated/α-hetero) is 1. The van der Waals surface area contributed by atoms with Crippen LogP contribution in [0.3, 0.4) is 0 Å². The zero-order valence-electron chi connectivity index (χ0n) is 12.5. The van der Waals surface area contributed by atoms with Gasteiger partial charge < -0.3 is 5.32 Å². The van der Waals surface area contributed by atoms with Gasteiger partial charge in [0, 0.05) is 29.8 Å². The first-order chi connectivity index (χ1) is 11.1. The van der Waals surface area contributed by atoms with Crippen LogP contribution in [-0.4, -0.2) is 31.3 Å². The Morgan fingerprint density at radius 1 is 1.09 bits per heavy atom. The van der Waals surface area contributed by atoms with Crippen molar-refractivity contribution in [1.29, 1.82) is 0 Å². The highest BCUT2D eigenvalue weighted by Crippen LogP contribution is 2.11. The summed E-state index contributed by atoms with van der Waals surface area (Å²) in [6.07, 6.45) is 5.22. The first kappa shape index (κ1) is 14.7. The van der Waals surface area contributed by atoms with E-state index in [0.29, 0.717) is 23.6 Å². The standard InChI is InChI=1S/C16H15N5O2/c1-12(22)13-3-5-14(6-4-13)18-16(23)15-7-10-21(19-15)11-20-9-2-8-17-20/h2-10H,11H2,1H3,(H,18,23). The number of anilines is 1. The van der Waals surface area contributed by atoms with Crippen molar-refractivity contribution in [2.45, 2.75) is 13.6 Å². The third-order valence-electron chi connectivity index (χ3n) is 3.27. The van der Waals surface area contributed by atoms with E-state index in [1.54, 1.807) is 52.1 Å². The molecule has 3 rings (SSSR count). The van der Waals surface area contributed by atoms with Crippen LogP contribution in [0.15, 0.2) is 55.0 Å². The van der Waals surface area contributed by atoms with E-state index in [0.717, 1.165) is 0 Å². The van der Waals surface area contributed by atoms with E-state index >= 15 is 0 Å². The van der Waals surface area contributed by atoms with E-state index in [1.807, 2.05) is 12.3 Å². The lowest BCUT2D eigenvalue weighted by molar-refractivity contribution is 0.101. The maximum absolute atomic E-state index is 12.2. The Kier molecular flexibility index (Phi) is 4.01. The normalized spacial score (nSPS) is 10.5. The summed E-state index contributed by atoms with van der Waals surface area (Å²) >= 11 is 0. The van der Waals surface area contributed by atoms with E-state index < -0.39 is 0 Å². The second kappa shape index (κ2) is 6.27. The van der Waals surface area contributed by atoms with Gasteiger partial charge in [0.15, 0.2) is 11.5 Å². The Balaban J connectivity index is 1.66. The molecule has 0 radical (unpaired) electrons. The van der Waals surface area contributed by atoms with Gasteiger partial charge >= 0.3 is 0 Å². The summed E-state index contributed by atoms with van der Waals surface area (Å²) in [4.78, 5) is 23.4. The number of ketones is 1. The SMILES string of the molecule is CC(=O)c1ccc(NC(=O)c2ccn(Cn3cccn3)n2)cc1. The summed E-state index contributed by atoms with van der Waals surface area (Å²) in [6.45, 7) is 1.94. The smallest absolute Gasteiger partial charge is 0.276 e. The minimum atomic E-state index is -0.306. The molecule has 0 aliphatic rings. The Labute approximate surface area is 132 Å². The molecule has 0 aliphatic heterocycles. The van der Waals surface area contributed by atoms with E-state index in [1.165, 1.54) is 6.92 Å². The third kappa shape index (κ3) is 3.52. The van der Waals surface area contributed by atoms with Crippen molar-refractivity contribution in [3.05, 3.63) is 66.2 Å². The van der Waals surface area contributed by atoms with Crippen LogP contribution in [0.5, 0.6) is 0 Å². The maximum Gasteiger partial charge on any atom is 0.276 e. The molecule has 7 heteroatoms. The van der Waals surface area contributed by atoms with Gasteiger partial charge in [0.2, 0.25) is 0 Å². The average molecular weight is 309 g/mol. The third-order valence-corrected chi connectivity index (χ3v) is 3.27. The molecule has 3 aromatic rings. The molecular formula is C16H15N5O2. The molecule has 2 aromatic heterocycles. The molecule has 7 nitrogen and oxygen atoms in total. The summed E-state index contributed by atoms with van der Waals surface area (Å²) in [5, 5.41) is 11.0. The van der Waals surface area contributed by atoms with Gasteiger partial charge in [0.25, 0.3) is 5.91 Å². The molecule has 0 atom stereocenters. The second-order valence-electron chi connectivity index (χ2n) is 5.02. The van der Waals surface area contributed by atoms with Crippen LogP contribution in [0.25, 0.3) is 0 Å². The highest BCUT2D eigenvalue weighted by atomic mass is 16.2. The highest BCUT2D eigenvalue weighted by Gasteiger charge is 2.10. The summed E-state index contributed by atoms with van der Waals surface area (Å²) in [5.74, 6) is -0.319. The van der Waals surface area contributed by atoms with E-state index in [-0.39, 0.29) is 11.7 Å². The van der Waals surface area contributed by atoms with Crippen molar-refractivity contribution >= 4 is 17.4 Å². The van der Waals surface area contributed by atoms with Gasteiger partial charge in [0.05, 0.1) is 0 Å². The molecule has 1 aromatic carbocycles. The van der Waals surface area contributed by atoms with E-state index in [4.69, 9.17) is 0 Å². The van der Waals surface area contributed by atoms with Gasteiger partial charge in [-0.05, 0) is 43.3 Å². The van der Waals surface area contributed by atoms with Crippen LogP contribution in [0, 0.1) is 0 Å². The van der Waals surface area contributed by atoms with Gasteiger partial charge in [-0.3, -0.25) is 19.0 Å². The monoisotopic (exact) mass is 309 g/mol. The molecular weight excluding hydrogens is 294 g/mol. The second-order valence-corrected chi connectivity index (χ2v) is 5.02. The molecule has 1 N–H and O–H groups in total. The van der Waals surface area contributed by atoms with Crippen LogP contribution in [0.1, 0.15) is 27.8 Å². The fraction of sp³-hybridized carbons (Fsp3) is 0.125. The number of carbonyl (C=O) groups is 2. The summed E-state index contributed by atoms with van der Waals surface area (Å²) in [7, 11) is 0. The first-order valence-corrected chi connectivity index (χ1v) is 7.05. The molecule has 23 heavy (non-hydrogen) atoms. The van der Waals surface area contributed by atoms with Gasteiger partial charge in [-0.2, -0.15) is 10.2 Å². The molecule has 0 aliphatic carbocycles. The summed E-state index contributed by atoms with van der Waals surface area (Å²) in [6, 6.07) is 10.2. The Morgan fingerprint density at radius 2 is 1.87 bits per heavy atom. The summed E-state index contributed by atoms with van der Waals surface area (Å²) in [5.41, 5.74) is 1.53. The highest BCUT2D eigenvalue weighted by molar-refractivity contribution is 6.03. The van der Waals surface area contributed by atoms with Crippen LogP contribution in [0.4, 0.5) is 5.69 Å². The number of carbonyl (C=O) groups excluding carboxylic acids is 2. The first-order valence-electron chi connectivity index (χ1n) is 7.05. The maximum atomic E-state index is 12.2. The van der Waals surface area contributed by atoms with Crippen molar-refractivity contribution in [2.24, 2.45) is 0 Å². The number of benzene rings is 1. The predicted octanol–water partition coefficient (Wildman–Crippen LogP) is 2.04. The predicted molar refractivity (Wildman–Crippen MR) is 84.3 cm³/mol. The molecule has 2 heterocycles. The molecule has 0 fully saturated rings. The number of nitrogens with zero attached hydrogens (tertiary/aromatic N) is 4. The zero-order chi connectivity index (χ0) is 16.2. The van der Waals surface area contributed by atoms with Gasteiger partial charge in [-0.1, -0.05) is 0 Å². The van der Waals surface area contributed by atoms with Crippen LogP contribution >= 0.6 is 0 Å².